The highest BCUT2D eigenvalue weighted by Gasteiger charge is 2.34. The third kappa shape index (κ3) is 1.20. The predicted octanol–water partition coefficient (Wildman–Crippen LogP) is 2.46. The molecule has 1 saturated heterocycles. The van der Waals surface area contributed by atoms with Crippen LogP contribution in [0.15, 0.2) is 0 Å². The topological polar surface area (TPSA) is 9.23 Å². The van der Waals surface area contributed by atoms with Crippen LogP contribution in [-0.4, -0.2) is 12.2 Å². The molecule has 0 spiro atoms. The number of rotatable bonds is 1. The number of ether oxygens (including phenoxy) is 1. The Morgan fingerprint density at radius 2 is 1.70 bits per heavy atom. The van der Waals surface area contributed by atoms with E-state index >= 15 is 0 Å². The average Bonchev–Trinajstić information content (AvgIpc) is 2.17. The number of hydrogen-bond acceptors (Lipinski definition) is 1. The first-order chi connectivity index (χ1) is 4.66. The molecular formula is C9H18O. The summed E-state index contributed by atoms with van der Waals surface area (Å²) in [6, 6.07) is 0. The van der Waals surface area contributed by atoms with E-state index in [2.05, 4.69) is 27.7 Å². The SMILES string of the molecule is CC[C@H]1OC(C)[C@@H](C)[C@@H]1C. The Kier molecular flexibility index (Phi) is 2.35. The molecule has 4 atom stereocenters. The van der Waals surface area contributed by atoms with Crippen molar-refractivity contribution in [3.05, 3.63) is 0 Å². The zero-order valence-corrected chi connectivity index (χ0v) is 7.42. The molecule has 1 aliphatic rings. The maximum absolute atomic E-state index is 5.73. The van der Waals surface area contributed by atoms with E-state index in [1.54, 1.807) is 0 Å². The molecule has 1 rings (SSSR count). The summed E-state index contributed by atoms with van der Waals surface area (Å²) in [5.74, 6) is 1.49. The molecule has 0 saturated carbocycles. The summed E-state index contributed by atoms with van der Waals surface area (Å²) < 4.78 is 5.73. The number of hydrogen-bond donors (Lipinski definition) is 0. The minimum Gasteiger partial charge on any atom is -0.375 e. The van der Waals surface area contributed by atoms with Gasteiger partial charge in [0.25, 0.3) is 0 Å². The normalized spacial score (nSPS) is 48.0. The van der Waals surface area contributed by atoms with Crippen LogP contribution >= 0.6 is 0 Å². The molecule has 1 unspecified atom stereocenters. The third-order valence-electron chi connectivity index (χ3n) is 2.95. The highest BCUT2D eigenvalue weighted by atomic mass is 16.5. The van der Waals surface area contributed by atoms with E-state index in [-0.39, 0.29) is 0 Å². The van der Waals surface area contributed by atoms with Gasteiger partial charge in [-0.05, 0) is 25.2 Å². The van der Waals surface area contributed by atoms with Crippen molar-refractivity contribution in [1.82, 2.24) is 0 Å². The Morgan fingerprint density at radius 1 is 1.10 bits per heavy atom. The van der Waals surface area contributed by atoms with Crippen molar-refractivity contribution in [2.24, 2.45) is 11.8 Å². The van der Waals surface area contributed by atoms with Gasteiger partial charge in [-0.25, -0.2) is 0 Å². The molecule has 0 aromatic heterocycles. The molecule has 0 amide bonds. The lowest BCUT2D eigenvalue weighted by molar-refractivity contribution is 0.0393. The van der Waals surface area contributed by atoms with Crippen molar-refractivity contribution in [3.8, 4) is 0 Å². The predicted molar refractivity (Wildman–Crippen MR) is 43.0 cm³/mol. The third-order valence-corrected chi connectivity index (χ3v) is 2.95. The lowest BCUT2D eigenvalue weighted by Gasteiger charge is -2.12. The van der Waals surface area contributed by atoms with Crippen LogP contribution in [0.1, 0.15) is 34.1 Å². The molecular weight excluding hydrogens is 124 g/mol. The van der Waals surface area contributed by atoms with Gasteiger partial charge in [0.05, 0.1) is 12.2 Å². The zero-order chi connectivity index (χ0) is 7.72. The van der Waals surface area contributed by atoms with Crippen LogP contribution in [-0.2, 0) is 4.74 Å². The second-order valence-electron chi connectivity index (χ2n) is 3.51. The summed E-state index contributed by atoms with van der Waals surface area (Å²) >= 11 is 0. The van der Waals surface area contributed by atoms with Crippen molar-refractivity contribution in [1.29, 1.82) is 0 Å². The maximum atomic E-state index is 5.73. The molecule has 10 heavy (non-hydrogen) atoms. The molecule has 0 bridgehead atoms. The molecule has 1 fully saturated rings. The smallest absolute Gasteiger partial charge is 0.0605 e. The lowest BCUT2D eigenvalue weighted by Crippen LogP contribution is -2.14. The maximum Gasteiger partial charge on any atom is 0.0605 e. The molecule has 0 N–H and O–H groups in total. The summed E-state index contributed by atoms with van der Waals surface area (Å²) in [6.07, 6.45) is 2.15. The van der Waals surface area contributed by atoms with Gasteiger partial charge in [0.2, 0.25) is 0 Å². The molecule has 0 aromatic carbocycles. The minimum absolute atomic E-state index is 0.472. The van der Waals surface area contributed by atoms with Crippen molar-refractivity contribution in [2.45, 2.75) is 46.3 Å². The first-order valence-corrected chi connectivity index (χ1v) is 4.32. The molecule has 0 aliphatic carbocycles. The fourth-order valence-corrected chi connectivity index (χ4v) is 1.76. The van der Waals surface area contributed by atoms with Crippen LogP contribution in [0.5, 0.6) is 0 Å². The highest BCUT2D eigenvalue weighted by molar-refractivity contribution is 4.82. The minimum atomic E-state index is 0.472. The first kappa shape index (κ1) is 8.06. The van der Waals surface area contributed by atoms with E-state index in [0.717, 1.165) is 18.3 Å². The second kappa shape index (κ2) is 2.91. The summed E-state index contributed by atoms with van der Waals surface area (Å²) in [5.41, 5.74) is 0. The lowest BCUT2D eigenvalue weighted by atomic mass is 9.90. The summed E-state index contributed by atoms with van der Waals surface area (Å²) in [4.78, 5) is 0. The Bertz CT molecular complexity index is 111. The highest BCUT2D eigenvalue weighted by Crippen LogP contribution is 2.32. The summed E-state index contributed by atoms with van der Waals surface area (Å²) in [6.45, 7) is 8.95. The van der Waals surface area contributed by atoms with Gasteiger partial charge in [-0.15, -0.1) is 0 Å². The van der Waals surface area contributed by atoms with Gasteiger partial charge in [-0.2, -0.15) is 0 Å². The Balaban J connectivity index is 2.53. The van der Waals surface area contributed by atoms with Crippen LogP contribution in [0.4, 0.5) is 0 Å². The van der Waals surface area contributed by atoms with Crippen LogP contribution < -0.4 is 0 Å². The monoisotopic (exact) mass is 142 g/mol. The van der Waals surface area contributed by atoms with Crippen LogP contribution in [0, 0.1) is 11.8 Å². The Labute approximate surface area is 63.8 Å². The van der Waals surface area contributed by atoms with Crippen molar-refractivity contribution in [3.63, 3.8) is 0 Å². The van der Waals surface area contributed by atoms with E-state index in [1.165, 1.54) is 0 Å². The molecule has 1 heterocycles. The van der Waals surface area contributed by atoms with Gasteiger partial charge < -0.3 is 4.74 Å². The van der Waals surface area contributed by atoms with Gasteiger partial charge in [0, 0.05) is 0 Å². The summed E-state index contributed by atoms with van der Waals surface area (Å²) in [5, 5.41) is 0. The van der Waals surface area contributed by atoms with E-state index in [4.69, 9.17) is 4.74 Å². The van der Waals surface area contributed by atoms with E-state index in [1.807, 2.05) is 0 Å². The van der Waals surface area contributed by atoms with Gasteiger partial charge in [-0.3, -0.25) is 0 Å². The quantitative estimate of drug-likeness (QED) is 0.546. The zero-order valence-electron chi connectivity index (χ0n) is 7.42. The Hall–Kier alpha value is -0.0400. The van der Waals surface area contributed by atoms with Gasteiger partial charge in [-0.1, -0.05) is 20.8 Å². The van der Waals surface area contributed by atoms with Gasteiger partial charge in [0.1, 0.15) is 0 Å². The standard InChI is InChI=1S/C9H18O/c1-5-9-7(3)6(2)8(4)10-9/h6-9H,5H2,1-4H3/t6-,7-,8?,9+/m0/s1. The van der Waals surface area contributed by atoms with Gasteiger partial charge in [0.15, 0.2) is 0 Å². The van der Waals surface area contributed by atoms with E-state index < -0.39 is 0 Å². The molecule has 60 valence electrons. The first-order valence-electron chi connectivity index (χ1n) is 4.32. The van der Waals surface area contributed by atoms with Crippen molar-refractivity contribution < 1.29 is 4.74 Å². The molecule has 1 aliphatic heterocycles. The average molecular weight is 142 g/mol. The van der Waals surface area contributed by atoms with Crippen molar-refractivity contribution in [2.75, 3.05) is 0 Å². The molecule has 1 nitrogen and oxygen atoms in total. The second-order valence-corrected chi connectivity index (χ2v) is 3.51. The van der Waals surface area contributed by atoms with Crippen LogP contribution in [0.25, 0.3) is 0 Å². The Morgan fingerprint density at radius 3 is 1.90 bits per heavy atom. The van der Waals surface area contributed by atoms with Crippen LogP contribution in [0.2, 0.25) is 0 Å². The molecule has 0 aromatic rings. The van der Waals surface area contributed by atoms with Crippen LogP contribution in [0.3, 0.4) is 0 Å². The summed E-state index contributed by atoms with van der Waals surface area (Å²) in [7, 11) is 0. The molecule has 1 heteroatoms. The van der Waals surface area contributed by atoms with Crippen molar-refractivity contribution >= 4 is 0 Å². The van der Waals surface area contributed by atoms with E-state index in [9.17, 15) is 0 Å². The largest absolute Gasteiger partial charge is 0.375 e. The van der Waals surface area contributed by atoms with E-state index in [0.29, 0.717) is 12.2 Å². The molecule has 0 radical (unpaired) electrons. The fraction of sp³-hybridized carbons (Fsp3) is 1.00. The van der Waals surface area contributed by atoms with Gasteiger partial charge >= 0.3 is 0 Å². The fourth-order valence-electron chi connectivity index (χ4n) is 1.76.